The topological polar surface area (TPSA) is 37.8 Å². The maximum atomic E-state index is 12.4. The van der Waals surface area contributed by atoms with E-state index in [0.29, 0.717) is 6.54 Å². The lowest BCUT2D eigenvalue weighted by Gasteiger charge is -2.17. The molecule has 0 saturated heterocycles. The molecule has 0 unspecified atom stereocenters. The van der Waals surface area contributed by atoms with Crippen LogP contribution in [0.3, 0.4) is 0 Å². The molecule has 0 aliphatic carbocycles. The van der Waals surface area contributed by atoms with Crippen molar-refractivity contribution in [1.29, 1.82) is 0 Å². The van der Waals surface area contributed by atoms with Crippen LogP contribution in [0.2, 0.25) is 0 Å². The molecule has 18 heavy (non-hydrogen) atoms. The van der Waals surface area contributed by atoms with E-state index in [1.807, 2.05) is 37.3 Å². The van der Waals surface area contributed by atoms with Gasteiger partial charge in [-0.15, -0.1) is 0 Å². The first-order valence-corrected chi connectivity index (χ1v) is 6.34. The van der Waals surface area contributed by atoms with Crippen molar-refractivity contribution in [2.75, 3.05) is 0 Å². The Morgan fingerprint density at radius 1 is 1.17 bits per heavy atom. The average Bonchev–Trinajstić information content (AvgIpc) is 2.67. The van der Waals surface area contributed by atoms with Crippen LogP contribution in [0.5, 0.6) is 0 Å². The second kappa shape index (κ2) is 4.48. The highest BCUT2D eigenvalue weighted by molar-refractivity contribution is 5.64. The molecule has 2 rings (SSSR count). The largest absolute Gasteiger partial charge is 0.295 e. The van der Waals surface area contributed by atoms with E-state index in [2.05, 4.69) is 25.9 Å². The van der Waals surface area contributed by atoms with Crippen LogP contribution in [0.4, 0.5) is 0 Å². The summed E-state index contributed by atoms with van der Waals surface area (Å²) in [6.45, 7) is 8.85. The van der Waals surface area contributed by atoms with Crippen molar-refractivity contribution in [3.63, 3.8) is 0 Å². The van der Waals surface area contributed by atoms with Gasteiger partial charge in [-0.05, 0) is 17.9 Å². The lowest BCUT2D eigenvalue weighted by Crippen LogP contribution is -2.25. The lowest BCUT2D eigenvalue weighted by atomic mass is 9.85. The number of hydrogen-bond acceptors (Lipinski definition) is 1. The van der Waals surface area contributed by atoms with Gasteiger partial charge in [0.25, 0.3) is 5.56 Å². The second-order valence-electron chi connectivity index (χ2n) is 5.53. The lowest BCUT2D eigenvalue weighted by molar-refractivity contribution is 0.576. The second-order valence-corrected chi connectivity index (χ2v) is 5.53. The molecule has 0 amide bonds. The fourth-order valence-corrected chi connectivity index (χ4v) is 2.22. The van der Waals surface area contributed by atoms with Gasteiger partial charge in [0.05, 0.1) is 5.69 Å². The molecular weight excluding hydrogens is 224 g/mol. The number of benzene rings is 1. The number of aryl methyl sites for hydroxylation is 1. The molecular formula is C15H20N2O. The fourth-order valence-electron chi connectivity index (χ4n) is 2.22. The first-order chi connectivity index (χ1) is 8.45. The summed E-state index contributed by atoms with van der Waals surface area (Å²) in [4.78, 5) is 12.4. The van der Waals surface area contributed by atoms with Crippen LogP contribution in [0, 0.1) is 0 Å². The van der Waals surface area contributed by atoms with Crippen LogP contribution >= 0.6 is 0 Å². The summed E-state index contributed by atoms with van der Waals surface area (Å²) < 4.78 is 1.67. The van der Waals surface area contributed by atoms with E-state index < -0.39 is 0 Å². The molecule has 3 nitrogen and oxygen atoms in total. The smallest absolute Gasteiger partial charge is 0.270 e. The molecule has 1 aromatic heterocycles. The minimum Gasteiger partial charge on any atom is -0.295 e. The van der Waals surface area contributed by atoms with Gasteiger partial charge in [0.2, 0.25) is 0 Å². The quantitative estimate of drug-likeness (QED) is 0.865. The third kappa shape index (κ3) is 2.13. The Balaban J connectivity index is 2.72. The fraction of sp³-hybridized carbons (Fsp3) is 0.400. The van der Waals surface area contributed by atoms with Crippen molar-refractivity contribution in [1.82, 2.24) is 9.78 Å². The molecule has 3 heteroatoms. The molecule has 0 radical (unpaired) electrons. The summed E-state index contributed by atoms with van der Waals surface area (Å²) >= 11 is 0. The number of H-pyrrole nitrogens is 1. The van der Waals surface area contributed by atoms with Crippen LogP contribution in [-0.2, 0) is 12.0 Å². The van der Waals surface area contributed by atoms with Gasteiger partial charge in [-0.1, -0.05) is 51.1 Å². The Hall–Kier alpha value is -1.77. The van der Waals surface area contributed by atoms with Crippen molar-refractivity contribution in [2.45, 2.75) is 39.7 Å². The van der Waals surface area contributed by atoms with E-state index in [9.17, 15) is 4.79 Å². The van der Waals surface area contributed by atoms with Crippen molar-refractivity contribution >= 4 is 0 Å². The third-order valence-corrected chi connectivity index (χ3v) is 3.08. The molecule has 2 aromatic rings. The Bertz CT molecular complexity index is 585. The number of aromatic nitrogens is 2. The van der Waals surface area contributed by atoms with E-state index in [1.165, 1.54) is 0 Å². The van der Waals surface area contributed by atoms with E-state index in [1.54, 1.807) is 4.68 Å². The Morgan fingerprint density at radius 3 is 2.28 bits per heavy atom. The predicted molar refractivity (Wildman–Crippen MR) is 74.9 cm³/mol. The normalized spacial score (nSPS) is 11.8. The van der Waals surface area contributed by atoms with Gasteiger partial charge < -0.3 is 0 Å². The Kier molecular flexibility index (Phi) is 3.16. The molecule has 0 atom stereocenters. The highest BCUT2D eigenvalue weighted by Crippen LogP contribution is 2.28. The molecule has 0 fully saturated rings. The molecule has 0 saturated carbocycles. The number of nitrogens with one attached hydrogen (secondary N) is 1. The summed E-state index contributed by atoms with van der Waals surface area (Å²) in [6.07, 6.45) is 0. The summed E-state index contributed by atoms with van der Waals surface area (Å²) in [5, 5.41) is 3.23. The van der Waals surface area contributed by atoms with Crippen molar-refractivity contribution in [3.05, 3.63) is 46.2 Å². The van der Waals surface area contributed by atoms with E-state index in [4.69, 9.17) is 0 Å². The first kappa shape index (κ1) is 12.7. The maximum Gasteiger partial charge on any atom is 0.270 e. The predicted octanol–water partition coefficient (Wildman–Crippen LogP) is 3.16. The van der Waals surface area contributed by atoms with Crippen molar-refractivity contribution in [3.8, 4) is 11.3 Å². The van der Waals surface area contributed by atoms with E-state index in [-0.39, 0.29) is 11.0 Å². The van der Waals surface area contributed by atoms with Gasteiger partial charge in [-0.3, -0.25) is 14.6 Å². The zero-order chi connectivity index (χ0) is 13.3. The highest BCUT2D eigenvalue weighted by atomic mass is 16.1. The number of nitrogens with zero attached hydrogens (tertiary/aromatic N) is 1. The zero-order valence-corrected chi connectivity index (χ0v) is 11.4. The average molecular weight is 244 g/mol. The minimum atomic E-state index is -0.167. The summed E-state index contributed by atoms with van der Waals surface area (Å²) in [7, 11) is 0. The Morgan fingerprint density at radius 2 is 1.78 bits per heavy atom. The summed E-state index contributed by atoms with van der Waals surface area (Å²) in [6, 6.07) is 10.0. The summed E-state index contributed by atoms with van der Waals surface area (Å²) in [5.74, 6) is 0. The number of rotatable bonds is 2. The molecule has 96 valence electrons. The molecule has 1 N–H and O–H groups in total. The van der Waals surface area contributed by atoms with Gasteiger partial charge in [0.15, 0.2) is 0 Å². The van der Waals surface area contributed by atoms with Gasteiger partial charge in [0.1, 0.15) is 0 Å². The van der Waals surface area contributed by atoms with Gasteiger partial charge in [0, 0.05) is 12.1 Å². The van der Waals surface area contributed by atoms with Gasteiger partial charge in [-0.25, -0.2) is 0 Å². The Labute approximate surface area is 107 Å². The van der Waals surface area contributed by atoms with Gasteiger partial charge >= 0.3 is 0 Å². The maximum absolute atomic E-state index is 12.4. The highest BCUT2D eigenvalue weighted by Gasteiger charge is 2.25. The van der Waals surface area contributed by atoms with Crippen LogP contribution in [-0.4, -0.2) is 9.78 Å². The summed E-state index contributed by atoms with van der Waals surface area (Å²) in [5.41, 5.74) is 2.78. The minimum absolute atomic E-state index is 0.0869. The van der Waals surface area contributed by atoms with Crippen LogP contribution in [0.15, 0.2) is 35.1 Å². The molecule has 0 aliphatic rings. The van der Waals surface area contributed by atoms with Crippen molar-refractivity contribution in [2.24, 2.45) is 0 Å². The zero-order valence-electron chi connectivity index (χ0n) is 11.4. The van der Waals surface area contributed by atoms with E-state index >= 15 is 0 Å². The standard InChI is InChI=1S/C15H20N2O/c1-5-17-14(18)12(15(2,3)4)13(16-17)11-9-7-6-8-10-11/h6-10,16H,5H2,1-4H3. The molecule has 1 aromatic carbocycles. The molecule has 0 bridgehead atoms. The molecule has 0 spiro atoms. The molecule has 1 heterocycles. The third-order valence-electron chi connectivity index (χ3n) is 3.08. The number of aromatic amines is 1. The van der Waals surface area contributed by atoms with Crippen molar-refractivity contribution < 1.29 is 0 Å². The monoisotopic (exact) mass is 244 g/mol. The first-order valence-electron chi connectivity index (χ1n) is 6.34. The van der Waals surface area contributed by atoms with Crippen LogP contribution < -0.4 is 5.56 Å². The number of hydrogen-bond donors (Lipinski definition) is 1. The SMILES string of the molecule is CCn1[nH]c(-c2ccccc2)c(C(C)(C)C)c1=O. The van der Waals surface area contributed by atoms with E-state index in [0.717, 1.165) is 16.8 Å². The molecule has 0 aliphatic heterocycles. The van der Waals surface area contributed by atoms with Crippen LogP contribution in [0.25, 0.3) is 11.3 Å². The van der Waals surface area contributed by atoms with Crippen LogP contribution in [0.1, 0.15) is 33.3 Å². The van der Waals surface area contributed by atoms with Gasteiger partial charge in [-0.2, -0.15) is 0 Å².